The number of piperazine rings is 1. The molecule has 5 heteroatoms. The number of benzene rings is 2. The van der Waals surface area contributed by atoms with Crippen LogP contribution in [0, 0.1) is 0 Å². The van der Waals surface area contributed by atoms with E-state index in [1.807, 2.05) is 54.6 Å². The molecule has 1 N–H and O–H groups in total. The highest BCUT2D eigenvalue weighted by molar-refractivity contribution is 7.89. The molecule has 0 bridgehead atoms. The number of quaternary nitrogens is 1. The molecule has 2 fully saturated rings. The van der Waals surface area contributed by atoms with Crippen molar-refractivity contribution < 1.29 is 13.3 Å². The van der Waals surface area contributed by atoms with Crippen LogP contribution in [0.4, 0.5) is 0 Å². The van der Waals surface area contributed by atoms with E-state index in [9.17, 15) is 8.42 Å². The molecule has 1 unspecified atom stereocenters. The van der Waals surface area contributed by atoms with Crippen LogP contribution in [-0.2, 0) is 10.0 Å². The first-order valence-electron chi connectivity index (χ1n) is 10.5. The van der Waals surface area contributed by atoms with E-state index in [-0.39, 0.29) is 6.04 Å². The maximum atomic E-state index is 13.5. The van der Waals surface area contributed by atoms with Crippen LogP contribution in [0.2, 0.25) is 0 Å². The summed E-state index contributed by atoms with van der Waals surface area (Å²) in [5.41, 5.74) is 2.37. The lowest BCUT2D eigenvalue weighted by atomic mass is 9.84. The van der Waals surface area contributed by atoms with Gasteiger partial charge in [0, 0.05) is 0 Å². The Balaban J connectivity index is 1.60. The molecule has 4 nitrogen and oxygen atoms in total. The monoisotopic (exact) mass is 399 g/mol. The summed E-state index contributed by atoms with van der Waals surface area (Å²) in [6.45, 7) is 2.18. The van der Waals surface area contributed by atoms with Gasteiger partial charge >= 0.3 is 0 Å². The minimum atomic E-state index is -3.51. The smallest absolute Gasteiger partial charge is 0.244 e. The summed E-state index contributed by atoms with van der Waals surface area (Å²) in [7, 11) is -1.37. The van der Waals surface area contributed by atoms with Crippen LogP contribution in [-0.4, -0.2) is 39.4 Å². The van der Waals surface area contributed by atoms with Crippen molar-refractivity contribution in [3.8, 4) is 0 Å². The Bertz CT molecular complexity index is 875. The van der Waals surface area contributed by atoms with Gasteiger partial charge in [-0.15, -0.1) is 0 Å². The molecule has 1 aliphatic heterocycles. The molecular formula is C23H31N2O2S+. The van der Waals surface area contributed by atoms with Crippen LogP contribution < -0.4 is 4.90 Å². The number of hydrogen-bond acceptors (Lipinski definition) is 2. The van der Waals surface area contributed by atoms with E-state index in [0.29, 0.717) is 17.4 Å². The summed E-state index contributed by atoms with van der Waals surface area (Å²) in [6.07, 6.45) is 6.35. The molecule has 2 atom stereocenters. The highest BCUT2D eigenvalue weighted by atomic mass is 32.2. The Kier molecular flexibility index (Phi) is 5.85. The molecule has 1 saturated heterocycles. The molecule has 1 heterocycles. The molecule has 28 heavy (non-hydrogen) atoms. The Morgan fingerprint density at radius 1 is 0.893 bits per heavy atom. The third-order valence-corrected chi connectivity index (χ3v) is 8.32. The van der Waals surface area contributed by atoms with E-state index >= 15 is 0 Å². The summed E-state index contributed by atoms with van der Waals surface area (Å²) in [5, 5.41) is 0. The number of nitrogens with zero attached hydrogens (tertiary/aromatic N) is 1. The normalized spacial score (nSPS) is 24.9. The summed E-state index contributed by atoms with van der Waals surface area (Å²) in [6, 6.07) is 17.7. The van der Waals surface area contributed by atoms with Gasteiger partial charge < -0.3 is 4.90 Å². The zero-order valence-corrected chi connectivity index (χ0v) is 17.5. The Labute approximate surface area is 169 Å². The highest BCUT2D eigenvalue weighted by Crippen LogP contribution is 2.34. The van der Waals surface area contributed by atoms with E-state index in [0.717, 1.165) is 18.7 Å². The van der Waals surface area contributed by atoms with Crippen molar-refractivity contribution in [1.82, 2.24) is 4.31 Å². The molecule has 1 saturated carbocycles. The fraction of sp³-hybridized carbons (Fsp3) is 0.478. The van der Waals surface area contributed by atoms with Crippen molar-refractivity contribution in [3.63, 3.8) is 0 Å². The van der Waals surface area contributed by atoms with Gasteiger partial charge in [0.25, 0.3) is 0 Å². The van der Waals surface area contributed by atoms with Crippen LogP contribution in [0.25, 0.3) is 0 Å². The molecule has 0 amide bonds. The summed E-state index contributed by atoms with van der Waals surface area (Å²) >= 11 is 0. The van der Waals surface area contributed by atoms with Crippen LogP contribution in [0.5, 0.6) is 0 Å². The largest absolute Gasteiger partial charge is 0.335 e. The van der Waals surface area contributed by atoms with Gasteiger partial charge in [0.05, 0.1) is 37.6 Å². The number of rotatable bonds is 4. The minimum absolute atomic E-state index is 0.113. The molecule has 1 aliphatic carbocycles. The van der Waals surface area contributed by atoms with E-state index in [4.69, 9.17) is 0 Å². The predicted molar refractivity (Wildman–Crippen MR) is 112 cm³/mol. The van der Waals surface area contributed by atoms with Crippen molar-refractivity contribution in [2.24, 2.45) is 0 Å². The molecular weight excluding hydrogens is 368 g/mol. The van der Waals surface area contributed by atoms with Crippen LogP contribution >= 0.6 is 0 Å². The number of likely N-dealkylation sites (N-methyl/N-ethyl adjacent to an activating group) is 1. The first-order valence-corrected chi connectivity index (χ1v) is 12.0. The van der Waals surface area contributed by atoms with E-state index < -0.39 is 10.0 Å². The van der Waals surface area contributed by atoms with Gasteiger partial charge in [-0.1, -0.05) is 61.7 Å². The Hall–Kier alpha value is -1.69. The first-order chi connectivity index (χ1) is 13.6. The maximum absolute atomic E-state index is 13.5. The zero-order valence-electron chi connectivity index (χ0n) is 16.7. The lowest BCUT2D eigenvalue weighted by molar-refractivity contribution is -0.887. The van der Waals surface area contributed by atoms with Crippen LogP contribution in [0.1, 0.15) is 55.2 Å². The second kappa shape index (κ2) is 8.36. The first kappa shape index (κ1) is 19.6. The van der Waals surface area contributed by atoms with Gasteiger partial charge in [0.1, 0.15) is 0 Å². The van der Waals surface area contributed by atoms with Crippen molar-refractivity contribution in [2.45, 2.75) is 49.0 Å². The van der Waals surface area contributed by atoms with Crippen LogP contribution in [0.15, 0.2) is 59.5 Å². The van der Waals surface area contributed by atoms with Crippen molar-refractivity contribution in [1.29, 1.82) is 0 Å². The van der Waals surface area contributed by atoms with E-state index in [1.54, 1.807) is 4.31 Å². The molecule has 150 valence electrons. The summed E-state index contributed by atoms with van der Waals surface area (Å²) in [5.74, 6) is 0.592. The van der Waals surface area contributed by atoms with Crippen molar-refractivity contribution in [2.75, 3.05) is 26.7 Å². The lowest BCUT2D eigenvalue weighted by Crippen LogP contribution is -3.12. The molecule has 2 aliphatic rings. The molecule has 0 spiro atoms. The zero-order chi connectivity index (χ0) is 19.6. The highest BCUT2D eigenvalue weighted by Gasteiger charge is 2.38. The molecule has 0 aromatic heterocycles. The fourth-order valence-corrected chi connectivity index (χ4v) is 6.33. The van der Waals surface area contributed by atoms with E-state index in [1.165, 1.54) is 42.6 Å². The summed E-state index contributed by atoms with van der Waals surface area (Å²) in [4.78, 5) is 1.79. The average Bonchev–Trinajstić information content (AvgIpc) is 2.75. The minimum Gasteiger partial charge on any atom is -0.335 e. The standard InChI is InChI=1S/C23H30N2O2S/c1-24-16-17-25(23(18-24)21-10-6-3-7-11-21)28(26,27)22-14-12-20(13-15-22)19-8-4-2-5-9-19/h3,6-7,10-15,19,23H,2,4-5,8-9,16-18H2,1H3/p+1/t23-/m0/s1. The number of sulfonamides is 1. The van der Waals surface area contributed by atoms with Crippen LogP contribution in [0.3, 0.4) is 0 Å². The SMILES string of the molecule is C[NH+]1CCN(S(=O)(=O)c2ccc(C3CCCCC3)cc2)[C@H](c2ccccc2)C1. The third kappa shape index (κ3) is 4.02. The Morgan fingerprint density at radius 2 is 1.57 bits per heavy atom. The second-order valence-electron chi connectivity index (χ2n) is 8.36. The quantitative estimate of drug-likeness (QED) is 0.859. The van der Waals surface area contributed by atoms with Crippen molar-refractivity contribution in [3.05, 3.63) is 65.7 Å². The summed E-state index contributed by atoms with van der Waals surface area (Å²) < 4.78 is 28.7. The van der Waals surface area contributed by atoms with Gasteiger partial charge in [-0.3, -0.25) is 0 Å². The second-order valence-corrected chi connectivity index (χ2v) is 10.2. The fourth-order valence-electron chi connectivity index (χ4n) is 4.72. The van der Waals surface area contributed by atoms with Gasteiger partial charge in [0.15, 0.2) is 0 Å². The molecule has 0 radical (unpaired) electrons. The van der Waals surface area contributed by atoms with Gasteiger partial charge in [-0.05, 0) is 42.0 Å². The van der Waals surface area contributed by atoms with Gasteiger partial charge in [-0.2, -0.15) is 4.31 Å². The molecule has 2 aromatic rings. The predicted octanol–water partition coefficient (Wildman–Crippen LogP) is 2.99. The average molecular weight is 400 g/mol. The topological polar surface area (TPSA) is 41.8 Å². The third-order valence-electron chi connectivity index (χ3n) is 6.40. The van der Waals surface area contributed by atoms with E-state index in [2.05, 4.69) is 7.05 Å². The number of hydrogen-bond donors (Lipinski definition) is 1. The van der Waals surface area contributed by atoms with Crippen molar-refractivity contribution >= 4 is 10.0 Å². The maximum Gasteiger partial charge on any atom is 0.244 e. The molecule has 4 rings (SSSR count). The van der Waals surface area contributed by atoms with Gasteiger partial charge in [0.2, 0.25) is 10.0 Å². The lowest BCUT2D eigenvalue weighted by Gasteiger charge is -2.37. The number of nitrogens with one attached hydrogen (secondary N) is 1. The van der Waals surface area contributed by atoms with Gasteiger partial charge in [-0.25, -0.2) is 8.42 Å². The Morgan fingerprint density at radius 3 is 2.25 bits per heavy atom. The molecule has 2 aromatic carbocycles.